The smallest absolute Gasteiger partial charge is 0.258 e. The summed E-state index contributed by atoms with van der Waals surface area (Å²) in [6, 6.07) is 9.02. The fourth-order valence-electron chi connectivity index (χ4n) is 2.91. The summed E-state index contributed by atoms with van der Waals surface area (Å²) in [6.07, 6.45) is 1.78. The van der Waals surface area contributed by atoms with Crippen molar-refractivity contribution in [2.24, 2.45) is 11.0 Å². The van der Waals surface area contributed by atoms with Crippen LogP contribution in [0.1, 0.15) is 31.4 Å². The van der Waals surface area contributed by atoms with Crippen LogP contribution in [0.15, 0.2) is 46.4 Å². The van der Waals surface area contributed by atoms with Crippen LogP contribution in [-0.4, -0.2) is 40.8 Å². The van der Waals surface area contributed by atoms with E-state index in [2.05, 4.69) is 37.8 Å². The fourth-order valence-corrected chi connectivity index (χ4v) is 4.97. The molecule has 32 heavy (non-hydrogen) atoms. The van der Waals surface area contributed by atoms with E-state index in [4.69, 9.17) is 9.47 Å². The van der Waals surface area contributed by atoms with Gasteiger partial charge in [0.25, 0.3) is 5.91 Å². The Balaban J connectivity index is 2.16. The number of carbonyl (C=O) groups is 1. The number of hydrogen-bond donors (Lipinski definition) is 2. The molecule has 0 fully saturated rings. The second-order valence-electron chi connectivity index (χ2n) is 7.59. The summed E-state index contributed by atoms with van der Waals surface area (Å²) in [5.41, 5.74) is 4.07. The minimum atomic E-state index is -3.86. The van der Waals surface area contributed by atoms with E-state index >= 15 is 0 Å². The number of hydrogen-bond acceptors (Lipinski definition) is 6. The Morgan fingerprint density at radius 1 is 1.16 bits per heavy atom. The first kappa shape index (κ1) is 26.1. The normalized spacial score (nSPS) is 12.7. The van der Waals surface area contributed by atoms with E-state index in [0.29, 0.717) is 23.5 Å². The van der Waals surface area contributed by atoms with Gasteiger partial charge in [-0.25, -0.2) is 13.8 Å². The molecule has 0 aliphatic carbocycles. The first-order valence-electron chi connectivity index (χ1n) is 9.90. The molecule has 0 bridgehead atoms. The fraction of sp³-hybridized carbons (Fsp3) is 0.364. The molecular formula is C22H28IN3O5S. The van der Waals surface area contributed by atoms with Gasteiger partial charge in [0, 0.05) is 0 Å². The molecule has 0 aromatic heterocycles. The van der Waals surface area contributed by atoms with Crippen LogP contribution in [0, 0.1) is 16.4 Å². The van der Waals surface area contributed by atoms with Gasteiger partial charge >= 0.3 is 0 Å². The second-order valence-corrected chi connectivity index (χ2v) is 10.5. The number of carbonyl (C=O) groups excluding carboxylic acids is 1. The summed E-state index contributed by atoms with van der Waals surface area (Å²) < 4.78 is 39.4. The van der Waals surface area contributed by atoms with Gasteiger partial charge in [-0.2, -0.15) is 9.82 Å². The Kier molecular flexibility index (Phi) is 9.47. The lowest BCUT2D eigenvalue weighted by atomic mass is 10.0. The molecule has 0 saturated heterocycles. The number of hydrazone groups is 1. The maximum Gasteiger partial charge on any atom is 0.258 e. The van der Waals surface area contributed by atoms with Gasteiger partial charge in [0.15, 0.2) is 11.5 Å². The van der Waals surface area contributed by atoms with Crippen LogP contribution in [0.5, 0.6) is 11.5 Å². The van der Waals surface area contributed by atoms with E-state index in [1.807, 2.05) is 26.8 Å². The molecule has 2 aromatic rings. The number of benzene rings is 2. The van der Waals surface area contributed by atoms with Crippen molar-refractivity contribution in [2.75, 3.05) is 14.2 Å². The number of halogens is 1. The quantitative estimate of drug-likeness (QED) is 0.257. The van der Waals surface area contributed by atoms with Gasteiger partial charge in [0.1, 0.15) is 6.04 Å². The van der Waals surface area contributed by atoms with Crippen molar-refractivity contribution in [1.82, 2.24) is 10.1 Å². The predicted molar refractivity (Wildman–Crippen MR) is 133 cm³/mol. The third kappa shape index (κ3) is 7.17. The van der Waals surface area contributed by atoms with Gasteiger partial charge in [-0.15, -0.1) is 0 Å². The number of nitrogens with one attached hydrogen (secondary N) is 2. The third-order valence-corrected chi connectivity index (χ3v) is 6.79. The van der Waals surface area contributed by atoms with Gasteiger partial charge in [0.05, 0.1) is 28.9 Å². The molecule has 10 heteroatoms. The lowest BCUT2D eigenvalue weighted by molar-refractivity contribution is -0.123. The van der Waals surface area contributed by atoms with Gasteiger partial charge in [-0.3, -0.25) is 4.79 Å². The van der Waals surface area contributed by atoms with Crippen LogP contribution in [0.4, 0.5) is 0 Å². The molecule has 0 saturated carbocycles. The molecule has 0 unspecified atom stereocenters. The first-order chi connectivity index (χ1) is 15.1. The molecule has 2 aromatic carbocycles. The van der Waals surface area contributed by atoms with Gasteiger partial charge < -0.3 is 9.47 Å². The second kappa shape index (κ2) is 11.6. The predicted octanol–water partition coefficient (Wildman–Crippen LogP) is 3.46. The Morgan fingerprint density at radius 3 is 2.38 bits per heavy atom. The standard InChI is InChI=1S/C22H28IN3O5S/c1-14(2)10-19(26-32(28,29)17-8-6-15(3)7-9-17)22(27)25-24-13-16-11-18(23)21(31-5)20(12-16)30-4/h6-9,11-14,19,26H,10H2,1-5H3,(H,25,27)/b24-13-/t19-/m1/s1. The molecule has 174 valence electrons. The Hall–Kier alpha value is -2.18. The van der Waals surface area contributed by atoms with Gasteiger partial charge in [-0.1, -0.05) is 31.5 Å². The number of methoxy groups -OCH3 is 2. The summed E-state index contributed by atoms with van der Waals surface area (Å²) in [5.74, 6) is 0.691. The highest BCUT2D eigenvalue weighted by molar-refractivity contribution is 14.1. The van der Waals surface area contributed by atoms with Crippen LogP contribution >= 0.6 is 22.6 Å². The number of sulfonamides is 1. The minimum Gasteiger partial charge on any atom is -0.493 e. The average molecular weight is 573 g/mol. The zero-order valence-electron chi connectivity index (χ0n) is 18.7. The Morgan fingerprint density at radius 2 is 1.81 bits per heavy atom. The molecule has 0 spiro atoms. The summed E-state index contributed by atoms with van der Waals surface area (Å²) in [7, 11) is -0.769. The van der Waals surface area contributed by atoms with Crippen LogP contribution in [0.25, 0.3) is 0 Å². The number of aryl methyl sites for hydroxylation is 1. The van der Waals surface area contributed by atoms with E-state index < -0.39 is 22.0 Å². The number of amides is 1. The molecule has 1 amide bonds. The van der Waals surface area contributed by atoms with Crippen LogP contribution < -0.4 is 19.6 Å². The summed E-state index contributed by atoms with van der Waals surface area (Å²) in [6.45, 7) is 5.70. The molecular weight excluding hydrogens is 545 g/mol. The van der Waals surface area contributed by atoms with Crippen molar-refractivity contribution in [3.05, 3.63) is 51.1 Å². The van der Waals surface area contributed by atoms with Gasteiger partial charge in [-0.05, 0) is 71.7 Å². The molecule has 8 nitrogen and oxygen atoms in total. The summed E-state index contributed by atoms with van der Waals surface area (Å²) in [4.78, 5) is 12.8. The van der Waals surface area contributed by atoms with E-state index in [1.165, 1.54) is 25.5 Å². The highest BCUT2D eigenvalue weighted by atomic mass is 127. The zero-order valence-corrected chi connectivity index (χ0v) is 21.7. The largest absolute Gasteiger partial charge is 0.493 e. The maximum atomic E-state index is 12.7. The Labute approximate surface area is 203 Å². The number of rotatable bonds is 10. The van der Waals surface area contributed by atoms with Crippen molar-refractivity contribution in [3.63, 3.8) is 0 Å². The monoisotopic (exact) mass is 573 g/mol. The van der Waals surface area contributed by atoms with Gasteiger partial charge in [0.2, 0.25) is 10.0 Å². The van der Waals surface area contributed by atoms with Crippen molar-refractivity contribution in [1.29, 1.82) is 0 Å². The topological polar surface area (TPSA) is 106 Å². The van der Waals surface area contributed by atoms with Crippen molar-refractivity contribution < 1.29 is 22.7 Å². The molecule has 1 atom stereocenters. The van der Waals surface area contributed by atoms with Crippen LogP contribution in [-0.2, 0) is 14.8 Å². The molecule has 0 heterocycles. The molecule has 0 radical (unpaired) electrons. The minimum absolute atomic E-state index is 0.0860. The first-order valence-corrected chi connectivity index (χ1v) is 12.5. The van der Waals surface area contributed by atoms with Crippen LogP contribution in [0.2, 0.25) is 0 Å². The van der Waals surface area contributed by atoms with Crippen molar-refractivity contribution in [2.45, 2.75) is 38.1 Å². The number of ether oxygens (including phenoxy) is 2. The zero-order chi connectivity index (χ0) is 23.9. The molecule has 0 aliphatic rings. The van der Waals surface area contributed by atoms with Crippen molar-refractivity contribution >= 4 is 44.7 Å². The third-order valence-electron chi connectivity index (χ3n) is 4.50. The maximum absolute atomic E-state index is 12.7. The van der Waals surface area contributed by atoms with E-state index in [9.17, 15) is 13.2 Å². The highest BCUT2D eigenvalue weighted by Crippen LogP contribution is 2.33. The lowest BCUT2D eigenvalue weighted by Crippen LogP contribution is -2.46. The highest BCUT2D eigenvalue weighted by Gasteiger charge is 2.26. The number of nitrogens with zero attached hydrogens (tertiary/aromatic N) is 1. The molecule has 2 N–H and O–H groups in total. The van der Waals surface area contributed by atoms with Crippen molar-refractivity contribution in [3.8, 4) is 11.5 Å². The van der Waals surface area contributed by atoms with E-state index in [-0.39, 0.29) is 10.8 Å². The van der Waals surface area contributed by atoms with Crippen LogP contribution in [0.3, 0.4) is 0 Å². The summed E-state index contributed by atoms with van der Waals surface area (Å²) >= 11 is 2.12. The van der Waals surface area contributed by atoms with E-state index in [1.54, 1.807) is 25.3 Å². The summed E-state index contributed by atoms with van der Waals surface area (Å²) in [5, 5.41) is 4.00. The molecule has 2 rings (SSSR count). The molecule has 0 aliphatic heterocycles. The Bertz CT molecular complexity index is 1070. The van der Waals surface area contributed by atoms with E-state index in [0.717, 1.165) is 9.13 Å². The SMILES string of the molecule is COc1cc(/C=N\NC(=O)[C@@H](CC(C)C)NS(=O)(=O)c2ccc(C)cc2)cc(I)c1OC. The average Bonchev–Trinajstić information content (AvgIpc) is 2.72. The lowest BCUT2D eigenvalue weighted by Gasteiger charge is -2.19.